The number of rotatable bonds is 2. The summed E-state index contributed by atoms with van der Waals surface area (Å²) in [7, 11) is 0. The second kappa shape index (κ2) is 3.03. The molecule has 0 bridgehead atoms. The first-order valence-electron chi connectivity index (χ1n) is 5.51. The van der Waals surface area contributed by atoms with Crippen LogP contribution in [0.5, 0.6) is 11.5 Å². The highest BCUT2D eigenvalue weighted by atomic mass is 16.7. The number of benzene rings is 1. The Bertz CT molecular complexity index is 416. The molecule has 0 fully saturated rings. The summed E-state index contributed by atoms with van der Waals surface area (Å²) in [6, 6.07) is 4.40. The van der Waals surface area contributed by atoms with E-state index < -0.39 is 12.9 Å². The smallest absolute Gasteiger partial charge is 0.231 e. The molecule has 2 N–H and O–H groups in total. The molecular formula is C9H11NO2. The van der Waals surface area contributed by atoms with E-state index in [1.165, 1.54) is 12.1 Å². The molecule has 0 amide bonds. The van der Waals surface area contributed by atoms with Gasteiger partial charge in [-0.1, -0.05) is 6.07 Å². The first-order valence-corrected chi connectivity index (χ1v) is 3.51. The van der Waals surface area contributed by atoms with E-state index in [4.69, 9.17) is 20.7 Å². The Balaban J connectivity index is 2.42. The van der Waals surface area contributed by atoms with E-state index in [2.05, 4.69) is 0 Å². The van der Waals surface area contributed by atoms with Gasteiger partial charge in [0.1, 0.15) is 0 Å². The van der Waals surface area contributed by atoms with Gasteiger partial charge in [0.05, 0.1) is 0 Å². The maximum Gasteiger partial charge on any atom is 0.231 e. The summed E-state index contributed by atoms with van der Waals surface area (Å²) in [5.41, 5.74) is 5.31. The van der Waals surface area contributed by atoms with Crippen LogP contribution in [0, 0.1) is 0 Å². The van der Waals surface area contributed by atoms with Crippen molar-refractivity contribution in [3.05, 3.63) is 23.8 Å². The second-order valence-electron chi connectivity index (χ2n) is 2.34. The molecular weight excluding hydrogens is 154 g/mol. The van der Waals surface area contributed by atoms with E-state index in [1.807, 2.05) is 0 Å². The zero-order chi connectivity index (χ0) is 12.0. The van der Waals surface area contributed by atoms with Crippen LogP contribution < -0.4 is 15.2 Å². The van der Waals surface area contributed by atoms with Crippen molar-refractivity contribution in [2.24, 2.45) is 5.73 Å². The van der Waals surface area contributed by atoms with Gasteiger partial charge in [-0.2, -0.15) is 0 Å². The maximum atomic E-state index is 7.65. The molecule has 0 radical (unpaired) electrons. The first-order chi connectivity index (χ1) is 7.32. The van der Waals surface area contributed by atoms with Gasteiger partial charge in [-0.3, -0.25) is 0 Å². The van der Waals surface area contributed by atoms with Gasteiger partial charge in [0.15, 0.2) is 11.5 Å². The van der Waals surface area contributed by atoms with Crippen LogP contribution >= 0.6 is 0 Å². The van der Waals surface area contributed by atoms with Crippen LogP contribution in [0.4, 0.5) is 0 Å². The largest absolute Gasteiger partial charge is 0.454 e. The predicted molar refractivity (Wildman–Crippen MR) is 45.3 cm³/mol. The summed E-state index contributed by atoms with van der Waals surface area (Å²) in [5, 5.41) is 0. The number of aryl methyl sites for hydroxylation is 1. The third kappa shape index (κ3) is 1.23. The number of fused-ring (bicyclic) bond motifs is 1. The Morgan fingerprint density at radius 1 is 1.42 bits per heavy atom. The van der Waals surface area contributed by atoms with Gasteiger partial charge in [0.25, 0.3) is 0 Å². The molecule has 1 heterocycles. The molecule has 12 heavy (non-hydrogen) atoms. The fraction of sp³-hybridized carbons (Fsp3) is 0.333. The lowest BCUT2D eigenvalue weighted by atomic mass is 10.1. The van der Waals surface area contributed by atoms with Crippen LogP contribution in [0.15, 0.2) is 18.2 Å². The molecule has 0 unspecified atom stereocenters. The lowest BCUT2D eigenvalue weighted by Gasteiger charge is -1.99. The number of ether oxygens (including phenoxy) is 2. The van der Waals surface area contributed by atoms with Crippen molar-refractivity contribution in [1.29, 1.82) is 0 Å². The van der Waals surface area contributed by atoms with E-state index in [0.29, 0.717) is 11.5 Å². The quantitative estimate of drug-likeness (QED) is 0.716. The van der Waals surface area contributed by atoms with Crippen molar-refractivity contribution >= 4 is 0 Å². The molecule has 0 aliphatic carbocycles. The van der Waals surface area contributed by atoms with Crippen LogP contribution in [0.1, 0.15) is 11.0 Å². The van der Waals surface area contributed by atoms with E-state index in [0.717, 1.165) is 0 Å². The standard InChI is InChI=1S/C9H11NO2/c10-4-3-7-1-2-8-9(5-7)12-6-11-8/h1-2,5H,3-4,6,10H2/i3D2,4D2. The molecule has 0 atom stereocenters. The lowest BCUT2D eigenvalue weighted by Crippen LogP contribution is -2.02. The van der Waals surface area contributed by atoms with Crippen LogP contribution in [-0.4, -0.2) is 13.3 Å². The highest BCUT2D eigenvalue weighted by Gasteiger charge is 2.12. The molecule has 0 spiro atoms. The zero-order valence-corrected chi connectivity index (χ0v) is 6.33. The summed E-state index contributed by atoms with van der Waals surface area (Å²) in [6.07, 6.45) is -2.28. The Morgan fingerprint density at radius 3 is 3.08 bits per heavy atom. The van der Waals surface area contributed by atoms with E-state index >= 15 is 0 Å². The van der Waals surface area contributed by atoms with Crippen LogP contribution in [0.3, 0.4) is 0 Å². The summed E-state index contributed by atoms with van der Waals surface area (Å²) >= 11 is 0. The third-order valence-corrected chi connectivity index (χ3v) is 1.59. The van der Waals surface area contributed by atoms with Crippen molar-refractivity contribution in [2.45, 2.75) is 6.37 Å². The minimum atomic E-state index is -2.46. The highest BCUT2D eigenvalue weighted by Crippen LogP contribution is 2.32. The summed E-state index contributed by atoms with van der Waals surface area (Å²) < 4.78 is 40.0. The zero-order valence-electron chi connectivity index (χ0n) is 10.3. The third-order valence-electron chi connectivity index (χ3n) is 1.59. The molecule has 2 rings (SSSR count). The van der Waals surface area contributed by atoms with Gasteiger partial charge >= 0.3 is 0 Å². The van der Waals surface area contributed by atoms with Crippen molar-refractivity contribution < 1.29 is 15.0 Å². The minimum Gasteiger partial charge on any atom is -0.454 e. The average molecular weight is 169 g/mol. The fourth-order valence-electron chi connectivity index (χ4n) is 1.06. The summed E-state index contributed by atoms with van der Waals surface area (Å²) in [4.78, 5) is 0. The Hall–Kier alpha value is -1.22. The van der Waals surface area contributed by atoms with Crippen molar-refractivity contribution in [3.63, 3.8) is 0 Å². The van der Waals surface area contributed by atoms with Crippen molar-refractivity contribution in [2.75, 3.05) is 13.3 Å². The van der Waals surface area contributed by atoms with Crippen LogP contribution in [-0.2, 0) is 6.37 Å². The van der Waals surface area contributed by atoms with Gasteiger partial charge < -0.3 is 15.2 Å². The van der Waals surface area contributed by atoms with Gasteiger partial charge in [-0.25, -0.2) is 0 Å². The molecule has 1 aliphatic heterocycles. The molecule has 3 heteroatoms. The van der Waals surface area contributed by atoms with Gasteiger partial charge in [0.2, 0.25) is 6.79 Å². The normalized spacial score (nSPS) is 20.8. The molecule has 0 saturated heterocycles. The number of hydrogen-bond acceptors (Lipinski definition) is 3. The Morgan fingerprint density at radius 2 is 2.25 bits per heavy atom. The number of hydrogen-bond donors (Lipinski definition) is 1. The fourth-order valence-corrected chi connectivity index (χ4v) is 1.06. The van der Waals surface area contributed by atoms with Crippen molar-refractivity contribution in [3.8, 4) is 11.5 Å². The molecule has 1 aliphatic rings. The monoisotopic (exact) mass is 169 g/mol. The molecule has 1 aromatic rings. The van der Waals surface area contributed by atoms with Gasteiger partial charge in [0, 0.05) is 5.48 Å². The van der Waals surface area contributed by atoms with Crippen LogP contribution in [0.2, 0.25) is 0 Å². The molecule has 1 aromatic carbocycles. The van der Waals surface area contributed by atoms with Gasteiger partial charge in [-0.15, -0.1) is 0 Å². The predicted octanol–water partition coefficient (Wildman–Crippen LogP) is 0.916. The van der Waals surface area contributed by atoms with E-state index in [9.17, 15) is 0 Å². The average Bonchev–Trinajstić information content (AvgIpc) is 2.61. The maximum absolute atomic E-state index is 7.65. The molecule has 0 saturated carbocycles. The molecule has 64 valence electrons. The Kier molecular flexibility index (Phi) is 1.04. The Labute approximate surface area is 76.7 Å². The summed E-state index contributed by atoms with van der Waals surface area (Å²) in [5.74, 6) is 0.933. The first kappa shape index (κ1) is 4.14. The second-order valence-corrected chi connectivity index (χ2v) is 2.34. The highest BCUT2D eigenvalue weighted by molar-refractivity contribution is 5.44. The minimum absolute atomic E-state index is 0.0945. The topological polar surface area (TPSA) is 44.5 Å². The van der Waals surface area contributed by atoms with Crippen molar-refractivity contribution in [1.82, 2.24) is 0 Å². The van der Waals surface area contributed by atoms with E-state index in [-0.39, 0.29) is 12.4 Å². The molecule has 3 nitrogen and oxygen atoms in total. The molecule has 0 aromatic heterocycles. The SMILES string of the molecule is [2H]C([2H])(N)C([2H])([2H])c1ccc2c(c1)OCO2. The van der Waals surface area contributed by atoms with Crippen LogP contribution in [0.25, 0.3) is 0 Å². The lowest BCUT2D eigenvalue weighted by molar-refractivity contribution is 0.174. The number of nitrogens with two attached hydrogens (primary N) is 1. The van der Waals surface area contributed by atoms with E-state index in [1.54, 1.807) is 6.07 Å². The van der Waals surface area contributed by atoms with Gasteiger partial charge in [-0.05, 0) is 30.6 Å². The summed E-state index contributed by atoms with van der Waals surface area (Å²) in [6.45, 7) is -2.36.